The number of aromatic hydroxyl groups is 1. The number of hydrogen-bond acceptors (Lipinski definition) is 4. The summed E-state index contributed by atoms with van der Waals surface area (Å²) in [6.07, 6.45) is 2.86. The Kier molecular flexibility index (Phi) is 4.12. The van der Waals surface area contributed by atoms with Crippen LogP contribution in [0.4, 0.5) is 0 Å². The molecule has 1 aliphatic carbocycles. The Morgan fingerprint density at radius 2 is 1.86 bits per heavy atom. The zero-order chi connectivity index (χ0) is 16.5. The first-order valence-corrected chi connectivity index (χ1v) is 7.41. The summed E-state index contributed by atoms with van der Waals surface area (Å²) in [5, 5.41) is 18.8. The van der Waals surface area contributed by atoms with Crippen molar-refractivity contribution in [1.82, 2.24) is 4.98 Å². The van der Waals surface area contributed by atoms with Gasteiger partial charge in [-0.05, 0) is 41.5 Å². The van der Waals surface area contributed by atoms with E-state index < -0.39 is 0 Å². The summed E-state index contributed by atoms with van der Waals surface area (Å²) in [4.78, 5) is 4.03. The molecule has 1 fully saturated rings. The van der Waals surface area contributed by atoms with Crippen LogP contribution in [0.5, 0.6) is 5.75 Å². The van der Waals surface area contributed by atoms with Gasteiger partial charge >= 0.3 is 0 Å². The lowest BCUT2D eigenvalue weighted by Gasteiger charge is -2.55. The normalized spacial score (nSPS) is 18.7. The van der Waals surface area contributed by atoms with Gasteiger partial charge < -0.3 is 10.8 Å². The number of aromatic nitrogens is 1. The maximum Gasteiger partial charge on any atom is 0.125 e. The van der Waals surface area contributed by atoms with E-state index in [1.807, 2.05) is 6.07 Å². The Hall–Kier alpha value is -2.12. The van der Waals surface area contributed by atoms with Crippen LogP contribution in [0.15, 0.2) is 30.5 Å². The Labute approximate surface area is 131 Å². The molecular weight excluding hydrogens is 274 g/mol. The molecule has 1 heterocycles. The predicted octanol–water partition coefficient (Wildman–Crippen LogP) is 3.58. The van der Waals surface area contributed by atoms with Crippen LogP contribution in [-0.4, -0.2) is 16.1 Å². The van der Waals surface area contributed by atoms with Crippen molar-refractivity contribution in [3.63, 3.8) is 0 Å². The molecule has 1 saturated carbocycles. The highest BCUT2D eigenvalue weighted by Gasteiger charge is 2.50. The molecule has 1 aromatic heterocycles. The first-order valence-electron chi connectivity index (χ1n) is 7.41. The largest absolute Gasteiger partial charge is 0.507 e. The molecule has 0 saturated heterocycles. The topological polar surface area (TPSA) is 82.9 Å². The molecule has 116 valence electrons. The molecule has 0 radical (unpaired) electrons. The third-order valence-corrected chi connectivity index (χ3v) is 4.46. The molecule has 4 nitrogen and oxygen atoms in total. The van der Waals surface area contributed by atoms with Gasteiger partial charge in [-0.3, -0.25) is 4.98 Å². The minimum atomic E-state index is 0.155. The average Bonchev–Trinajstić information content (AvgIpc) is 2.47. The quantitative estimate of drug-likeness (QED) is 0.778. The third-order valence-electron chi connectivity index (χ3n) is 4.46. The van der Waals surface area contributed by atoms with E-state index in [0.29, 0.717) is 33.3 Å². The average molecular weight is 297 g/mol. The molecule has 4 heteroatoms. The fourth-order valence-electron chi connectivity index (χ4n) is 3.57. The maximum atomic E-state index is 9.44. The summed E-state index contributed by atoms with van der Waals surface area (Å²) in [7, 11) is 0. The second kappa shape index (κ2) is 5.58. The third kappa shape index (κ3) is 2.90. The summed E-state index contributed by atoms with van der Waals surface area (Å²) in [6.45, 7) is 8.96. The fourth-order valence-corrected chi connectivity index (χ4v) is 3.57. The van der Waals surface area contributed by atoms with Crippen LogP contribution in [0, 0.1) is 22.2 Å². The van der Waals surface area contributed by atoms with Gasteiger partial charge in [0.25, 0.3) is 0 Å². The summed E-state index contributed by atoms with van der Waals surface area (Å²) in [5.41, 5.74) is 7.75. The second-order valence-electron chi connectivity index (χ2n) is 7.28. The lowest BCUT2D eigenvalue weighted by Crippen LogP contribution is -2.60. The number of nitrogens with zero attached hydrogens (tertiary/aromatic N) is 2. The van der Waals surface area contributed by atoms with Crippen molar-refractivity contribution in [2.45, 2.75) is 40.2 Å². The number of rotatable bonds is 0. The number of fused-ring (bicyclic) bond motifs is 1. The van der Waals surface area contributed by atoms with Crippen LogP contribution in [0.3, 0.4) is 0 Å². The molecule has 3 N–H and O–H groups in total. The van der Waals surface area contributed by atoms with Gasteiger partial charge in [-0.15, -0.1) is 0 Å². The first-order chi connectivity index (χ1) is 10.2. The molecule has 2 aromatic rings. The number of hydrogen-bond donors (Lipinski definition) is 2. The number of pyridine rings is 1. The summed E-state index contributed by atoms with van der Waals surface area (Å²) in [6, 6.07) is 8.94. The Morgan fingerprint density at radius 1 is 1.23 bits per heavy atom. The van der Waals surface area contributed by atoms with Crippen LogP contribution >= 0.6 is 0 Å². The van der Waals surface area contributed by atoms with Gasteiger partial charge in [-0.1, -0.05) is 27.7 Å². The second-order valence-corrected chi connectivity index (χ2v) is 7.28. The molecule has 1 aliphatic rings. The van der Waals surface area contributed by atoms with Gasteiger partial charge in [0.2, 0.25) is 0 Å². The SMILES string of the molecule is CC1(C)CC(C)(C)C1N.N#Cc1ccc(O)c2cccnc12. The summed E-state index contributed by atoms with van der Waals surface area (Å²) in [5.74, 6) is 0.155. The zero-order valence-corrected chi connectivity index (χ0v) is 13.6. The van der Waals surface area contributed by atoms with Crippen LogP contribution in [0.25, 0.3) is 10.9 Å². The predicted molar refractivity (Wildman–Crippen MR) is 88.3 cm³/mol. The monoisotopic (exact) mass is 297 g/mol. The minimum absolute atomic E-state index is 0.155. The van der Waals surface area contributed by atoms with E-state index in [9.17, 15) is 5.11 Å². The molecule has 0 aliphatic heterocycles. The molecule has 0 bridgehead atoms. The van der Waals surface area contributed by atoms with Gasteiger partial charge in [0.1, 0.15) is 11.8 Å². The Morgan fingerprint density at radius 3 is 2.32 bits per heavy atom. The molecule has 0 unspecified atom stereocenters. The highest BCUT2D eigenvalue weighted by Crippen LogP contribution is 2.52. The van der Waals surface area contributed by atoms with Crippen LogP contribution in [0.2, 0.25) is 0 Å². The maximum absolute atomic E-state index is 9.44. The van der Waals surface area contributed by atoms with E-state index in [4.69, 9.17) is 11.0 Å². The smallest absolute Gasteiger partial charge is 0.125 e. The number of phenols is 1. The van der Waals surface area contributed by atoms with Gasteiger partial charge in [0, 0.05) is 17.6 Å². The molecule has 22 heavy (non-hydrogen) atoms. The number of nitrogens with two attached hydrogens (primary N) is 1. The summed E-state index contributed by atoms with van der Waals surface area (Å²) >= 11 is 0. The van der Waals surface area contributed by atoms with E-state index in [0.717, 1.165) is 0 Å². The fraction of sp³-hybridized carbons (Fsp3) is 0.444. The molecule has 0 atom stereocenters. The van der Waals surface area contributed by atoms with Crippen molar-refractivity contribution in [2.75, 3.05) is 0 Å². The van der Waals surface area contributed by atoms with Crippen molar-refractivity contribution in [2.24, 2.45) is 16.6 Å². The van der Waals surface area contributed by atoms with Gasteiger partial charge in [-0.25, -0.2) is 0 Å². The molecule has 1 aromatic carbocycles. The molecular formula is C18H23N3O. The van der Waals surface area contributed by atoms with Crippen LogP contribution in [-0.2, 0) is 0 Å². The Balaban J connectivity index is 0.000000172. The standard InChI is InChI=1S/C10H6N2O.C8H17N/c11-6-7-3-4-9(13)8-2-1-5-12-10(7)8;1-7(2)5-8(3,4)6(7)9/h1-5,13H;6H,5,9H2,1-4H3. The van der Waals surface area contributed by atoms with Gasteiger partial charge in [0.15, 0.2) is 0 Å². The lowest BCUT2D eigenvalue weighted by atomic mass is 9.52. The molecule has 3 rings (SSSR count). The van der Waals surface area contributed by atoms with E-state index in [-0.39, 0.29) is 5.75 Å². The first kappa shape index (κ1) is 16.3. The number of benzene rings is 1. The van der Waals surface area contributed by atoms with Gasteiger partial charge in [-0.2, -0.15) is 5.26 Å². The van der Waals surface area contributed by atoms with E-state index >= 15 is 0 Å². The van der Waals surface area contributed by atoms with Crippen molar-refractivity contribution >= 4 is 10.9 Å². The number of phenolic OH excluding ortho intramolecular Hbond substituents is 1. The minimum Gasteiger partial charge on any atom is -0.507 e. The van der Waals surface area contributed by atoms with E-state index in [1.165, 1.54) is 12.5 Å². The highest BCUT2D eigenvalue weighted by atomic mass is 16.3. The van der Waals surface area contributed by atoms with Crippen molar-refractivity contribution in [3.8, 4) is 11.8 Å². The highest BCUT2D eigenvalue weighted by molar-refractivity contribution is 5.89. The zero-order valence-electron chi connectivity index (χ0n) is 13.6. The van der Waals surface area contributed by atoms with E-state index in [2.05, 4.69) is 32.7 Å². The molecule has 0 spiro atoms. The van der Waals surface area contributed by atoms with E-state index in [1.54, 1.807) is 24.4 Å². The Bertz CT molecular complexity index is 715. The number of nitriles is 1. The summed E-state index contributed by atoms with van der Waals surface area (Å²) < 4.78 is 0. The lowest BCUT2D eigenvalue weighted by molar-refractivity contribution is -0.0169. The van der Waals surface area contributed by atoms with Crippen LogP contribution in [0.1, 0.15) is 39.7 Å². The van der Waals surface area contributed by atoms with Crippen molar-refractivity contribution in [3.05, 3.63) is 36.0 Å². The van der Waals surface area contributed by atoms with Crippen molar-refractivity contribution in [1.29, 1.82) is 5.26 Å². The van der Waals surface area contributed by atoms with Gasteiger partial charge in [0.05, 0.1) is 11.1 Å². The molecule has 0 amide bonds. The van der Waals surface area contributed by atoms with Crippen LogP contribution < -0.4 is 5.73 Å². The van der Waals surface area contributed by atoms with Crippen molar-refractivity contribution < 1.29 is 5.11 Å².